The predicted octanol–water partition coefficient (Wildman–Crippen LogP) is 2.16. The average molecular weight is 289 g/mol. The van der Waals surface area contributed by atoms with Crippen LogP contribution in [0.3, 0.4) is 0 Å². The molecule has 0 aromatic heterocycles. The fraction of sp³-hybridized carbons (Fsp3) is 0.562. The molecular weight excluding hydrogens is 266 g/mol. The fourth-order valence-electron chi connectivity index (χ4n) is 3.42. The summed E-state index contributed by atoms with van der Waals surface area (Å²) < 4.78 is 11.3. The molecule has 0 saturated carbocycles. The number of guanidine groups is 1. The maximum Gasteiger partial charge on any atom is 0.196 e. The molecule has 5 heteroatoms. The number of rotatable bonds is 3. The number of methoxy groups -OCH3 is 1. The molecule has 2 unspecified atom stereocenters. The molecule has 2 N–H and O–H groups in total. The lowest BCUT2D eigenvalue weighted by molar-refractivity contribution is -0.0152. The number of benzene rings is 1. The van der Waals surface area contributed by atoms with Crippen LogP contribution in [-0.4, -0.2) is 37.9 Å². The number of hydrogen-bond donors (Lipinski definition) is 1. The van der Waals surface area contributed by atoms with E-state index in [4.69, 9.17) is 15.2 Å². The van der Waals surface area contributed by atoms with E-state index in [9.17, 15) is 0 Å². The summed E-state index contributed by atoms with van der Waals surface area (Å²) in [6.07, 6.45) is 3.18. The van der Waals surface area contributed by atoms with Gasteiger partial charge in [-0.3, -0.25) is 4.99 Å². The summed E-state index contributed by atoms with van der Waals surface area (Å²) in [6.45, 7) is 3.65. The van der Waals surface area contributed by atoms with E-state index in [-0.39, 0.29) is 11.6 Å². The lowest BCUT2D eigenvalue weighted by Gasteiger charge is -2.44. The van der Waals surface area contributed by atoms with E-state index in [0.29, 0.717) is 5.96 Å². The van der Waals surface area contributed by atoms with Crippen LogP contribution < -0.4 is 15.4 Å². The van der Waals surface area contributed by atoms with Crippen molar-refractivity contribution in [3.8, 4) is 5.75 Å². The first kappa shape index (κ1) is 14.2. The minimum Gasteiger partial charge on any atom is -0.495 e. The van der Waals surface area contributed by atoms with Crippen molar-refractivity contribution < 1.29 is 9.47 Å². The van der Waals surface area contributed by atoms with Gasteiger partial charge in [0, 0.05) is 6.61 Å². The fourth-order valence-corrected chi connectivity index (χ4v) is 3.42. The summed E-state index contributed by atoms with van der Waals surface area (Å²) in [7, 11) is 1.69. The number of ether oxygens (including phenoxy) is 2. The van der Waals surface area contributed by atoms with E-state index in [0.717, 1.165) is 43.9 Å². The molecule has 5 nitrogen and oxygen atoms in total. The molecule has 2 heterocycles. The number of para-hydroxylation sites is 2. The highest BCUT2D eigenvalue weighted by Gasteiger charge is 2.47. The number of nitrogens with two attached hydrogens (primary N) is 1. The first-order valence-corrected chi connectivity index (χ1v) is 7.55. The molecule has 0 aliphatic carbocycles. The normalized spacial score (nSPS) is 28.8. The molecule has 0 amide bonds. The van der Waals surface area contributed by atoms with Gasteiger partial charge in [0.2, 0.25) is 0 Å². The van der Waals surface area contributed by atoms with E-state index < -0.39 is 0 Å². The third kappa shape index (κ3) is 2.35. The summed E-state index contributed by atoms with van der Waals surface area (Å²) in [4.78, 5) is 6.69. The molecule has 2 aliphatic heterocycles. The van der Waals surface area contributed by atoms with Gasteiger partial charge in [-0.2, -0.15) is 0 Å². The summed E-state index contributed by atoms with van der Waals surface area (Å²) >= 11 is 0. The number of anilines is 1. The van der Waals surface area contributed by atoms with Gasteiger partial charge in [0.1, 0.15) is 5.75 Å². The Bertz CT molecular complexity index is 546. The Labute approximate surface area is 125 Å². The molecule has 2 atom stereocenters. The number of aliphatic imine (C=N–C) groups is 1. The molecule has 114 valence electrons. The molecule has 1 fully saturated rings. The van der Waals surface area contributed by atoms with E-state index in [2.05, 4.69) is 16.8 Å². The Kier molecular flexibility index (Phi) is 3.76. The van der Waals surface area contributed by atoms with E-state index >= 15 is 0 Å². The molecule has 1 saturated heterocycles. The average Bonchev–Trinajstić information content (AvgIpc) is 2.83. The smallest absolute Gasteiger partial charge is 0.196 e. The van der Waals surface area contributed by atoms with Crippen molar-refractivity contribution in [3.63, 3.8) is 0 Å². The highest BCUT2D eigenvalue weighted by Crippen LogP contribution is 2.41. The molecule has 0 bridgehead atoms. The van der Waals surface area contributed by atoms with Crippen molar-refractivity contribution >= 4 is 11.6 Å². The third-order valence-corrected chi connectivity index (χ3v) is 4.55. The molecule has 1 spiro atoms. The summed E-state index contributed by atoms with van der Waals surface area (Å²) in [6, 6.07) is 7.99. The van der Waals surface area contributed by atoms with Crippen molar-refractivity contribution in [2.75, 3.05) is 25.2 Å². The van der Waals surface area contributed by atoms with Crippen LogP contribution in [0.5, 0.6) is 5.75 Å². The Balaban J connectivity index is 1.99. The number of hydrogen-bond acceptors (Lipinski definition) is 5. The quantitative estimate of drug-likeness (QED) is 0.926. The largest absolute Gasteiger partial charge is 0.495 e. The standard InChI is InChI=1S/C16H23N3O2/c1-3-12-10-16(8-9-21-12)11-18-15(17)19(16)13-6-4-5-7-14(13)20-2/h4-7,12H,3,8-11H2,1-2H3,(H2,17,18). The van der Waals surface area contributed by atoms with Gasteiger partial charge in [0.05, 0.1) is 31.0 Å². The van der Waals surface area contributed by atoms with E-state index in [1.807, 2.05) is 24.3 Å². The van der Waals surface area contributed by atoms with Gasteiger partial charge in [-0.25, -0.2) is 0 Å². The van der Waals surface area contributed by atoms with Gasteiger partial charge in [0.25, 0.3) is 0 Å². The zero-order valence-corrected chi connectivity index (χ0v) is 12.7. The molecular formula is C16H23N3O2. The van der Waals surface area contributed by atoms with Gasteiger partial charge in [-0.15, -0.1) is 0 Å². The molecule has 3 rings (SSSR count). The molecule has 1 aromatic carbocycles. The minimum absolute atomic E-state index is 0.0718. The molecule has 21 heavy (non-hydrogen) atoms. The van der Waals surface area contributed by atoms with Gasteiger partial charge in [0.15, 0.2) is 5.96 Å². The monoisotopic (exact) mass is 289 g/mol. The summed E-state index contributed by atoms with van der Waals surface area (Å²) in [5, 5.41) is 0. The highest BCUT2D eigenvalue weighted by atomic mass is 16.5. The van der Waals surface area contributed by atoms with Gasteiger partial charge < -0.3 is 20.1 Å². The summed E-state index contributed by atoms with van der Waals surface area (Å²) in [5.41, 5.74) is 7.13. The van der Waals surface area contributed by atoms with Crippen molar-refractivity contribution in [2.24, 2.45) is 10.7 Å². The van der Waals surface area contributed by atoms with Crippen LogP contribution in [0.4, 0.5) is 5.69 Å². The topological polar surface area (TPSA) is 60.1 Å². The van der Waals surface area contributed by atoms with Crippen LogP contribution >= 0.6 is 0 Å². The van der Waals surface area contributed by atoms with Gasteiger partial charge in [-0.1, -0.05) is 19.1 Å². The van der Waals surface area contributed by atoms with Crippen LogP contribution in [0.2, 0.25) is 0 Å². The molecule has 0 radical (unpaired) electrons. The second kappa shape index (κ2) is 5.56. The Morgan fingerprint density at radius 2 is 2.29 bits per heavy atom. The maximum atomic E-state index is 6.21. The predicted molar refractivity (Wildman–Crippen MR) is 84.0 cm³/mol. The SMILES string of the molecule is CCC1CC2(CCO1)CN=C(N)N2c1ccccc1OC. The van der Waals surface area contributed by atoms with E-state index in [1.54, 1.807) is 7.11 Å². The lowest BCUT2D eigenvalue weighted by atomic mass is 9.84. The third-order valence-electron chi connectivity index (χ3n) is 4.55. The van der Waals surface area contributed by atoms with Crippen molar-refractivity contribution in [1.29, 1.82) is 0 Å². The Hall–Kier alpha value is -1.75. The van der Waals surface area contributed by atoms with Crippen molar-refractivity contribution in [3.05, 3.63) is 24.3 Å². The second-order valence-corrected chi connectivity index (χ2v) is 5.76. The zero-order valence-electron chi connectivity index (χ0n) is 12.7. The van der Waals surface area contributed by atoms with Crippen LogP contribution in [0.15, 0.2) is 29.3 Å². The maximum absolute atomic E-state index is 6.21. The first-order chi connectivity index (χ1) is 10.2. The van der Waals surface area contributed by atoms with Crippen LogP contribution in [0.25, 0.3) is 0 Å². The van der Waals surface area contributed by atoms with E-state index in [1.165, 1.54) is 0 Å². The van der Waals surface area contributed by atoms with Crippen LogP contribution in [0, 0.1) is 0 Å². The lowest BCUT2D eigenvalue weighted by Crippen LogP contribution is -2.56. The minimum atomic E-state index is -0.0718. The van der Waals surface area contributed by atoms with Crippen LogP contribution in [0.1, 0.15) is 26.2 Å². The zero-order chi connectivity index (χ0) is 14.9. The first-order valence-electron chi connectivity index (χ1n) is 7.55. The molecule has 1 aromatic rings. The molecule has 2 aliphatic rings. The second-order valence-electron chi connectivity index (χ2n) is 5.76. The van der Waals surface area contributed by atoms with Gasteiger partial charge in [-0.05, 0) is 31.4 Å². The van der Waals surface area contributed by atoms with Gasteiger partial charge >= 0.3 is 0 Å². The Morgan fingerprint density at radius 3 is 3.05 bits per heavy atom. The Morgan fingerprint density at radius 1 is 1.48 bits per heavy atom. The number of nitrogens with zero attached hydrogens (tertiary/aromatic N) is 2. The summed E-state index contributed by atoms with van der Waals surface area (Å²) in [5.74, 6) is 1.41. The van der Waals surface area contributed by atoms with Crippen molar-refractivity contribution in [2.45, 2.75) is 37.8 Å². The van der Waals surface area contributed by atoms with Crippen molar-refractivity contribution in [1.82, 2.24) is 0 Å². The highest BCUT2D eigenvalue weighted by molar-refractivity contribution is 5.99. The van der Waals surface area contributed by atoms with Crippen LogP contribution in [-0.2, 0) is 4.74 Å².